The average Bonchev–Trinajstić information content (AvgIpc) is 3.34. The molecule has 0 spiro atoms. The van der Waals surface area contributed by atoms with E-state index in [2.05, 4.69) is 11.8 Å². The molecule has 424 valence electrons. The highest BCUT2D eigenvalue weighted by molar-refractivity contribution is 5.93. The Labute approximate surface area is 444 Å². The average molecular weight is 1060 g/mol. The zero-order valence-corrected chi connectivity index (χ0v) is 47.1. The number of esters is 1. The molecule has 0 bridgehead atoms. The first-order valence-corrected chi connectivity index (χ1v) is 26.8. The van der Waals surface area contributed by atoms with Crippen LogP contribution in [0.2, 0.25) is 0 Å². The van der Waals surface area contributed by atoms with Gasteiger partial charge < -0.3 is 77.8 Å². The van der Waals surface area contributed by atoms with E-state index in [4.69, 9.17) is 37.9 Å². The van der Waals surface area contributed by atoms with Gasteiger partial charge in [0.25, 0.3) is 0 Å². The highest BCUT2D eigenvalue weighted by Gasteiger charge is 2.53. The van der Waals surface area contributed by atoms with Gasteiger partial charge in [0.15, 0.2) is 12.6 Å². The summed E-state index contributed by atoms with van der Waals surface area (Å²) in [5, 5.41) is 57.9. The number of carbonyl (C=O) groups excluding carboxylic acids is 1. The molecule has 19 nitrogen and oxygen atoms in total. The Morgan fingerprint density at radius 3 is 2.28 bits per heavy atom. The van der Waals surface area contributed by atoms with Gasteiger partial charge in [0.05, 0.1) is 53.7 Å². The number of nitrogens with zero attached hydrogens (tertiary/aromatic N) is 3. The minimum Gasteiger partial charge on any atom is -0.477 e. The van der Waals surface area contributed by atoms with Gasteiger partial charge in [-0.1, -0.05) is 32.6 Å². The molecule has 19 heteroatoms. The summed E-state index contributed by atoms with van der Waals surface area (Å²) in [6.45, 7) is 21.4. The molecular formula is C56H89N3O16. The number of aromatic nitrogens is 1. The number of likely N-dealkylation sites (N-methyl/N-ethyl adjacent to an activating group) is 2. The van der Waals surface area contributed by atoms with Crippen LogP contribution < -0.4 is 5.43 Å². The normalized spacial score (nSPS) is 37.8. The van der Waals surface area contributed by atoms with Crippen LogP contribution in [0.25, 0.3) is 10.9 Å². The van der Waals surface area contributed by atoms with Crippen molar-refractivity contribution in [3.05, 3.63) is 45.7 Å². The Hall–Kier alpha value is -3.59. The second-order valence-corrected chi connectivity index (χ2v) is 22.4. The van der Waals surface area contributed by atoms with Crippen LogP contribution in [0.4, 0.5) is 0 Å². The van der Waals surface area contributed by atoms with Crippen molar-refractivity contribution in [3.8, 4) is 11.8 Å². The van der Waals surface area contributed by atoms with Gasteiger partial charge in [-0.25, -0.2) is 4.79 Å². The topological polar surface area (TPSA) is 238 Å². The van der Waals surface area contributed by atoms with Gasteiger partial charge in [-0.05, 0) is 126 Å². The molecule has 0 amide bonds. The molecule has 0 unspecified atom stereocenters. The lowest BCUT2D eigenvalue weighted by Crippen LogP contribution is -2.61. The fraction of sp³-hybridized carbons (Fsp3) is 0.768. The number of pyridine rings is 1. The summed E-state index contributed by atoms with van der Waals surface area (Å²) < 4.78 is 52.9. The van der Waals surface area contributed by atoms with Crippen LogP contribution in [0, 0.1) is 29.6 Å². The van der Waals surface area contributed by atoms with E-state index in [1.54, 1.807) is 57.6 Å². The highest BCUT2D eigenvalue weighted by Crippen LogP contribution is 2.41. The lowest BCUT2D eigenvalue weighted by Gasteiger charge is -2.49. The molecule has 1 aromatic heterocycles. The van der Waals surface area contributed by atoms with Crippen molar-refractivity contribution in [3.63, 3.8) is 0 Å². The van der Waals surface area contributed by atoms with Crippen LogP contribution in [0.5, 0.6) is 0 Å². The van der Waals surface area contributed by atoms with E-state index in [0.717, 1.165) is 0 Å². The van der Waals surface area contributed by atoms with E-state index in [-0.39, 0.29) is 54.9 Å². The number of aliphatic hydroxyl groups is 4. The van der Waals surface area contributed by atoms with Crippen molar-refractivity contribution in [1.82, 2.24) is 14.4 Å². The number of cyclic esters (lactones) is 1. The van der Waals surface area contributed by atoms with Crippen molar-refractivity contribution in [1.29, 1.82) is 0 Å². The highest BCUT2D eigenvalue weighted by atomic mass is 16.7. The summed E-state index contributed by atoms with van der Waals surface area (Å²) >= 11 is 0. The number of carbonyl (C=O) groups is 2. The summed E-state index contributed by atoms with van der Waals surface area (Å²) in [7, 11) is 7.19. The summed E-state index contributed by atoms with van der Waals surface area (Å²) in [6.07, 6.45) is -6.20. The monoisotopic (exact) mass is 1060 g/mol. The maximum Gasteiger partial charge on any atom is 0.341 e. The lowest BCUT2D eigenvalue weighted by atomic mass is 9.77. The number of hydrogen-bond acceptors (Lipinski definition) is 17. The third-order valence-corrected chi connectivity index (χ3v) is 16.0. The predicted octanol–water partition coefficient (Wildman–Crippen LogP) is 4.42. The Morgan fingerprint density at radius 2 is 1.65 bits per heavy atom. The van der Waals surface area contributed by atoms with E-state index in [1.807, 2.05) is 72.5 Å². The van der Waals surface area contributed by atoms with Crippen molar-refractivity contribution in [2.24, 2.45) is 17.8 Å². The van der Waals surface area contributed by atoms with E-state index >= 15 is 0 Å². The predicted molar refractivity (Wildman–Crippen MR) is 281 cm³/mol. The summed E-state index contributed by atoms with van der Waals surface area (Å²) in [5.41, 5.74) is -4.08. The maximum atomic E-state index is 14.6. The van der Waals surface area contributed by atoms with Gasteiger partial charge in [-0.15, -0.1) is 0 Å². The minimum absolute atomic E-state index is 0.108. The first-order valence-electron chi connectivity index (χ1n) is 26.8. The standard InChI is InChI=1S/C56H89N3O16/c1-16-43-56(11,67)48(62)36(7)58(14)30-32(3)28-54(9,66)49(75-53-46(61)42(57(12)13)26-33(4)71-53)34(5)47(35(6)52(65)73-43)74-44-29-55(10,68-15)50(37(8)72-44)70-25-19-24-69-23-18-20-38-21-22-41-39(27-38)45(60)40(51(63)64)31-59(41)17-2/h21-22,27,31-37,42-44,46-50,53,61-62,66-67H,16-17,19,23-26,28-30H2,1-15H3,(H,63,64)/t32-,33-,34+,35-,36-,37+,42+,43-,44+,46-,47+,48-,49-,50+,53+,54-,55-,56-/m1/s1. The van der Waals surface area contributed by atoms with Crippen molar-refractivity contribution >= 4 is 22.8 Å². The molecule has 0 radical (unpaired) electrons. The van der Waals surface area contributed by atoms with Gasteiger partial charge in [0.2, 0.25) is 5.43 Å². The van der Waals surface area contributed by atoms with E-state index in [1.165, 1.54) is 13.1 Å². The van der Waals surface area contributed by atoms with Crippen LogP contribution in [-0.2, 0) is 49.2 Å². The third-order valence-electron chi connectivity index (χ3n) is 16.0. The molecule has 18 atom stereocenters. The second-order valence-electron chi connectivity index (χ2n) is 22.4. The second kappa shape index (κ2) is 26.4. The minimum atomic E-state index is -1.84. The van der Waals surface area contributed by atoms with E-state index in [0.29, 0.717) is 50.2 Å². The fourth-order valence-electron chi connectivity index (χ4n) is 11.6. The maximum absolute atomic E-state index is 14.6. The molecule has 0 aliphatic carbocycles. The number of carboxylic acid groups (broad SMARTS) is 1. The first kappa shape index (κ1) is 62.3. The number of aromatic carboxylic acids is 1. The number of fused-ring (bicyclic) bond motifs is 1. The lowest BCUT2D eigenvalue weighted by molar-refractivity contribution is -0.320. The van der Waals surface area contributed by atoms with Crippen molar-refractivity contribution in [2.75, 3.05) is 54.6 Å². The summed E-state index contributed by atoms with van der Waals surface area (Å²) in [6, 6.07) is 4.26. The molecule has 5 rings (SSSR count). The molecule has 3 fully saturated rings. The number of benzene rings is 1. The smallest absolute Gasteiger partial charge is 0.341 e. The first-order chi connectivity index (χ1) is 35.1. The Bertz CT molecular complexity index is 2330. The molecular weight excluding hydrogens is 971 g/mol. The number of carboxylic acids is 1. The molecule has 75 heavy (non-hydrogen) atoms. The molecule has 0 saturated carbocycles. The zero-order chi connectivity index (χ0) is 55.9. The fourth-order valence-corrected chi connectivity index (χ4v) is 11.6. The van der Waals surface area contributed by atoms with Crippen molar-refractivity contribution < 1.29 is 73.0 Å². The molecule has 4 heterocycles. The third kappa shape index (κ3) is 14.8. The van der Waals surface area contributed by atoms with Crippen LogP contribution in [0.1, 0.15) is 124 Å². The molecule has 2 aromatic rings. The summed E-state index contributed by atoms with van der Waals surface area (Å²) in [5.74, 6) is 1.95. The Morgan fingerprint density at radius 1 is 0.960 bits per heavy atom. The van der Waals surface area contributed by atoms with Crippen LogP contribution in [0.3, 0.4) is 0 Å². The quantitative estimate of drug-likeness (QED) is 0.0943. The van der Waals surface area contributed by atoms with Crippen LogP contribution >= 0.6 is 0 Å². The number of aryl methyl sites for hydroxylation is 1. The van der Waals surface area contributed by atoms with Crippen LogP contribution in [0.15, 0.2) is 29.2 Å². The summed E-state index contributed by atoms with van der Waals surface area (Å²) in [4.78, 5) is 43.0. The number of rotatable bonds is 15. The van der Waals surface area contributed by atoms with Gasteiger partial charge in [-0.2, -0.15) is 0 Å². The molecule has 3 aliphatic rings. The number of hydrogen-bond donors (Lipinski definition) is 5. The number of aliphatic hydroxyl groups excluding tert-OH is 2. The molecule has 3 saturated heterocycles. The SMILES string of the molecule is CC[C@H]1OC(=O)[C@H](C)[C@@H](O[C@H]2C[C@@](C)(OC)[C@@H](OCCCOCC#Cc3ccc4c(c3)c(=O)c(C(=O)O)cn4CC)[C@H](C)O2)[C@H](C)[C@@H](O[C@@H]2O[C@H](C)C[C@H](N(C)C)[C@H]2O)[C@](C)(O)C[C@@H](C)CN(C)[C@H](C)[C@@H](O)[C@]1(C)O. The molecule has 3 aliphatic heterocycles. The zero-order valence-electron chi connectivity index (χ0n) is 47.1. The van der Waals surface area contributed by atoms with Gasteiger partial charge in [0.1, 0.15) is 42.2 Å². The van der Waals surface area contributed by atoms with Gasteiger partial charge >= 0.3 is 11.9 Å². The Balaban J connectivity index is 1.35. The molecule has 5 N–H and O–H groups in total. The number of ether oxygens (including phenoxy) is 8. The van der Waals surface area contributed by atoms with E-state index in [9.17, 15) is 39.9 Å². The van der Waals surface area contributed by atoms with Crippen molar-refractivity contribution in [2.45, 2.75) is 205 Å². The number of methoxy groups -OCH3 is 1. The van der Waals surface area contributed by atoms with Crippen LogP contribution in [-0.4, -0.2) is 197 Å². The molecule has 1 aromatic carbocycles. The van der Waals surface area contributed by atoms with Gasteiger partial charge in [0, 0.05) is 68.4 Å². The van der Waals surface area contributed by atoms with E-state index < -0.39 is 107 Å². The Kier molecular flexibility index (Phi) is 21.9. The van der Waals surface area contributed by atoms with Gasteiger partial charge in [-0.3, -0.25) is 9.59 Å². The largest absolute Gasteiger partial charge is 0.477 e.